The smallest absolute Gasteiger partial charge is 0.367 e. The topological polar surface area (TPSA) is 30.2 Å². The highest BCUT2D eigenvalue weighted by Gasteiger charge is 2.16. The van der Waals surface area contributed by atoms with Gasteiger partial charge in [0.15, 0.2) is 6.20 Å². The summed E-state index contributed by atoms with van der Waals surface area (Å²) in [6.07, 6.45) is 1.84. The third-order valence-electron chi connectivity index (χ3n) is 2.80. The van der Waals surface area contributed by atoms with Gasteiger partial charge >= 0.3 is 5.88 Å². The van der Waals surface area contributed by atoms with Crippen LogP contribution in [0, 0.1) is 6.92 Å². The molecule has 92 valence electrons. The quantitative estimate of drug-likeness (QED) is 0.607. The Bertz CT molecular complexity index is 547. The normalized spacial score (nSPS) is 10.1. The summed E-state index contributed by atoms with van der Waals surface area (Å²) in [5.41, 5.74) is 1.87. The van der Waals surface area contributed by atoms with Crippen molar-refractivity contribution >= 4 is 5.78 Å². The molecule has 1 heterocycles. The zero-order valence-corrected chi connectivity index (χ0v) is 10.6. The molecule has 0 N–H and O–H groups in total. The molecular formula is C15H16NO2+. The van der Waals surface area contributed by atoms with Gasteiger partial charge in [-0.2, -0.15) is 4.57 Å². The first-order valence-electron chi connectivity index (χ1n) is 5.83. The number of carbonyl (C=O) groups excluding carboxylic acids is 1. The number of ketones is 1. The molecule has 2 aromatic rings. The van der Waals surface area contributed by atoms with E-state index in [1.54, 1.807) is 11.7 Å². The van der Waals surface area contributed by atoms with E-state index in [-0.39, 0.29) is 12.3 Å². The van der Waals surface area contributed by atoms with Gasteiger partial charge in [-0.1, -0.05) is 29.8 Å². The van der Waals surface area contributed by atoms with Crippen LogP contribution < -0.4 is 9.30 Å². The summed E-state index contributed by atoms with van der Waals surface area (Å²) in [6, 6.07) is 13.2. The number of aryl methyl sites for hydroxylation is 1. The van der Waals surface area contributed by atoms with Crippen molar-refractivity contribution < 1.29 is 14.1 Å². The van der Waals surface area contributed by atoms with Gasteiger partial charge in [0.25, 0.3) is 0 Å². The number of benzene rings is 1. The highest BCUT2D eigenvalue weighted by Crippen LogP contribution is 2.06. The fourth-order valence-corrected chi connectivity index (χ4v) is 1.76. The second-order valence-corrected chi connectivity index (χ2v) is 4.16. The van der Waals surface area contributed by atoms with Crippen molar-refractivity contribution in [3.8, 4) is 5.88 Å². The van der Waals surface area contributed by atoms with Crippen molar-refractivity contribution in [2.24, 2.45) is 0 Å². The molecule has 0 aliphatic rings. The second-order valence-electron chi connectivity index (χ2n) is 4.16. The van der Waals surface area contributed by atoms with E-state index in [0.717, 1.165) is 11.1 Å². The summed E-state index contributed by atoms with van der Waals surface area (Å²) in [5, 5.41) is 0. The average molecular weight is 242 g/mol. The molecular weight excluding hydrogens is 226 g/mol. The maximum Gasteiger partial charge on any atom is 0.367 e. The third kappa shape index (κ3) is 2.74. The minimum atomic E-state index is 0.0736. The molecule has 0 saturated carbocycles. The Labute approximate surface area is 107 Å². The molecule has 0 amide bonds. The molecule has 0 atom stereocenters. The van der Waals surface area contributed by atoms with Crippen molar-refractivity contribution in [3.63, 3.8) is 0 Å². The summed E-state index contributed by atoms with van der Waals surface area (Å²) in [6.45, 7) is 2.29. The Balaban J connectivity index is 2.18. The lowest BCUT2D eigenvalue weighted by atomic mass is 10.1. The maximum absolute atomic E-state index is 12.1. The number of hydrogen-bond donors (Lipinski definition) is 0. The summed E-state index contributed by atoms with van der Waals surface area (Å²) in [4.78, 5) is 12.1. The number of methoxy groups -OCH3 is 1. The minimum absolute atomic E-state index is 0.0736. The van der Waals surface area contributed by atoms with Gasteiger partial charge in [-0.15, -0.1) is 0 Å². The lowest BCUT2D eigenvalue weighted by Crippen LogP contribution is -2.38. The number of pyridine rings is 1. The van der Waals surface area contributed by atoms with E-state index in [0.29, 0.717) is 5.88 Å². The van der Waals surface area contributed by atoms with Gasteiger partial charge in [0, 0.05) is 11.6 Å². The SMILES string of the molecule is COc1cccc[n+]1CC(=O)c1ccc(C)cc1. The molecule has 0 aliphatic heterocycles. The van der Waals surface area contributed by atoms with E-state index in [2.05, 4.69) is 0 Å². The number of ether oxygens (including phenoxy) is 1. The van der Waals surface area contributed by atoms with Gasteiger partial charge in [0.05, 0.1) is 13.2 Å². The van der Waals surface area contributed by atoms with E-state index >= 15 is 0 Å². The predicted octanol–water partition coefficient (Wildman–Crippen LogP) is 2.17. The molecule has 0 saturated heterocycles. The maximum atomic E-state index is 12.1. The number of rotatable bonds is 4. The van der Waals surface area contributed by atoms with Crippen molar-refractivity contribution in [2.45, 2.75) is 13.5 Å². The van der Waals surface area contributed by atoms with Gasteiger partial charge in [-0.05, 0) is 13.0 Å². The Kier molecular flexibility index (Phi) is 3.72. The third-order valence-corrected chi connectivity index (χ3v) is 2.80. The number of hydrogen-bond acceptors (Lipinski definition) is 2. The first kappa shape index (κ1) is 12.3. The predicted molar refractivity (Wildman–Crippen MR) is 68.7 cm³/mol. The molecule has 1 aromatic carbocycles. The molecule has 0 aliphatic carbocycles. The number of aromatic nitrogens is 1. The standard InChI is InChI=1S/C15H16NO2/c1-12-6-8-13(9-7-12)14(17)11-16-10-4-3-5-15(16)18-2/h3-10H,11H2,1-2H3/q+1. The van der Waals surface area contributed by atoms with Gasteiger partial charge in [-0.25, -0.2) is 0 Å². The molecule has 18 heavy (non-hydrogen) atoms. The molecule has 0 radical (unpaired) electrons. The lowest BCUT2D eigenvalue weighted by molar-refractivity contribution is -0.688. The van der Waals surface area contributed by atoms with Crippen LogP contribution in [-0.2, 0) is 6.54 Å². The second kappa shape index (κ2) is 5.45. The summed E-state index contributed by atoms with van der Waals surface area (Å²) in [7, 11) is 1.60. The molecule has 0 fully saturated rings. The fourth-order valence-electron chi connectivity index (χ4n) is 1.76. The molecule has 0 spiro atoms. The van der Waals surface area contributed by atoms with Crippen LogP contribution in [0.15, 0.2) is 48.7 Å². The van der Waals surface area contributed by atoms with E-state index < -0.39 is 0 Å². The largest absolute Gasteiger partial charge is 0.448 e. The lowest BCUT2D eigenvalue weighted by Gasteiger charge is -2.02. The minimum Gasteiger partial charge on any atom is -0.448 e. The van der Waals surface area contributed by atoms with E-state index in [1.807, 2.05) is 55.6 Å². The zero-order valence-electron chi connectivity index (χ0n) is 10.6. The molecule has 1 aromatic heterocycles. The Morgan fingerprint density at radius 1 is 1.17 bits per heavy atom. The molecule has 0 unspecified atom stereocenters. The van der Waals surface area contributed by atoms with Crippen LogP contribution in [0.25, 0.3) is 0 Å². The van der Waals surface area contributed by atoms with E-state index in [1.165, 1.54) is 0 Å². The summed E-state index contributed by atoms with van der Waals surface area (Å²) in [5.74, 6) is 0.752. The first-order chi connectivity index (χ1) is 8.70. The fraction of sp³-hybridized carbons (Fsp3) is 0.200. The Morgan fingerprint density at radius 3 is 2.56 bits per heavy atom. The van der Waals surface area contributed by atoms with Crippen molar-refractivity contribution in [1.29, 1.82) is 0 Å². The number of nitrogens with zero attached hydrogens (tertiary/aromatic N) is 1. The van der Waals surface area contributed by atoms with E-state index in [4.69, 9.17) is 4.74 Å². The zero-order chi connectivity index (χ0) is 13.0. The molecule has 3 heteroatoms. The number of carbonyl (C=O) groups is 1. The van der Waals surface area contributed by atoms with Crippen molar-refractivity contribution in [1.82, 2.24) is 0 Å². The van der Waals surface area contributed by atoms with Crippen molar-refractivity contribution in [3.05, 3.63) is 59.8 Å². The number of Topliss-reactive ketones (excluding diaryl/α,β-unsaturated/α-hetero) is 1. The Morgan fingerprint density at radius 2 is 1.89 bits per heavy atom. The van der Waals surface area contributed by atoms with Crippen LogP contribution in [-0.4, -0.2) is 12.9 Å². The first-order valence-corrected chi connectivity index (χ1v) is 5.83. The van der Waals surface area contributed by atoms with Crippen molar-refractivity contribution in [2.75, 3.05) is 7.11 Å². The highest BCUT2D eigenvalue weighted by atomic mass is 16.5. The monoisotopic (exact) mass is 242 g/mol. The van der Waals surface area contributed by atoms with Crippen LogP contribution in [0.2, 0.25) is 0 Å². The highest BCUT2D eigenvalue weighted by molar-refractivity contribution is 5.95. The molecule has 0 bridgehead atoms. The van der Waals surface area contributed by atoms with Crippen LogP contribution in [0.3, 0.4) is 0 Å². The van der Waals surface area contributed by atoms with Gasteiger partial charge in [0.2, 0.25) is 12.3 Å². The van der Waals surface area contributed by atoms with Crippen LogP contribution in [0.1, 0.15) is 15.9 Å². The molecule has 2 rings (SSSR count). The van der Waals surface area contributed by atoms with Crippen LogP contribution >= 0.6 is 0 Å². The average Bonchev–Trinajstić information content (AvgIpc) is 2.40. The summed E-state index contributed by atoms with van der Waals surface area (Å²) >= 11 is 0. The van der Waals surface area contributed by atoms with Gasteiger partial charge in [0.1, 0.15) is 0 Å². The van der Waals surface area contributed by atoms with Crippen LogP contribution in [0.5, 0.6) is 5.88 Å². The summed E-state index contributed by atoms with van der Waals surface area (Å²) < 4.78 is 7.01. The molecule has 3 nitrogen and oxygen atoms in total. The Hall–Kier alpha value is -2.16. The van der Waals surface area contributed by atoms with Gasteiger partial charge < -0.3 is 4.74 Å². The van der Waals surface area contributed by atoms with Gasteiger partial charge in [-0.3, -0.25) is 4.79 Å². The van der Waals surface area contributed by atoms with E-state index in [9.17, 15) is 4.79 Å². The van der Waals surface area contributed by atoms with Crippen LogP contribution in [0.4, 0.5) is 0 Å².